The van der Waals surface area contributed by atoms with Gasteiger partial charge in [-0.15, -0.1) is 0 Å². The van der Waals surface area contributed by atoms with Crippen LogP contribution in [0.2, 0.25) is 0 Å². The summed E-state index contributed by atoms with van der Waals surface area (Å²) in [7, 11) is 1.69. The quantitative estimate of drug-likeness (QED) is 0.786. The van der Waals surface area contributed by atoms with Gasteiger partial charge >= 0.3 is 5.97 Å². The molecule has 19 heavy (non-hydrogen) atoms. The largest absolute Gasteiger partial charge is 0.481 e. The van der Waals surface area contributed by atoms with E-state index in [0.717, 1.165) is 0 Å². The SMILES string of the molecule is CC1CC(C(=O)O)CCN1CC(=O)N(C)CCC#N. The molecule has 1 saturated heterocycles. The molecule has 0 saturated carbocycles. The number of likely N-dealkylation sites (tertiary alicyclic amines) is 1. The summed E-state index contributed by atoms with van der Waals surface area (Å²) < 4.78 is 0. The number of hydrogen-bond donors (Lipinski definition) is 1. The van der Waals surface area contributed by atoms with E-state index in [2.05, 4.69) is 0 Å². The van der Waals surface area contributed by atoms with Crippen molar-refractivity contribution >= 4 is 11.9 Å². The van der Waals surface area contributed by atoms with Crippen LogP contribution in [0.15, 0.2) is 0 Å². The maximum Gasteiger partial charge on any atom is 0.306 e. The number of piperidine rings is 1. The lowest BCUT2D eigenvalue weighted by molar-refractivity contribution is -0.144. The maximum atomic E-state index is 11.9. The number of rotatable bonds is 5. The number of carboxylic acids is 1. The van der Waals surface area contributed by atoms with E-state index < -0.39 is 5.97 Å². The van der Waals surface area contributed by atoms with Gasteiger partial charge in [0.05, 0.1) is 25.0 Å². The molecule has 0 aromatic rings. The van der Waals surface area contributed by atoms with Crippen LogP contribution in [0.5, 0.6) is 0 Å². The Kier molecular flexibility index (Phi) is 5.77. The third-order valence-electron chi connectivity index (χ3n) is 3.69. The second-order valence-corrected chi connectivity index (χ2v) is 5.10. The molecule has 0 bridgehead atoms. The monoisotopic (exact) mass is 267 g/mol. The number of carbonyl (C=O) groups is 2. The van der Waals surface area contributed by atoms with E-state index in [4.69, 9.17) is 10.4 Å². The van der Waals surface area contributed by atoms with Gasteiger partial charge in [-0.1, -0.05) is 0 Å². The van der Waals surface area contributed by atoms with Crippen molar-refractivity contribution in [2.24, 2.45) is 5.92 Å². The number of nitrogens with zero attached hydrogens (tertiary/aromatic N) is 3. The Morgan fingerprint density at radius 3 is 2.74 bits per heavy atom. The minimum atomic E-state index is -0.746. The topological polar surface area (TPSA) is 84.6 Å². The zero-order valence-electron chi connectivity index (χ0n) is 11.5. The van der Waals surface area contributed by atoms with Crippen molar-refractivity contribution in [3.63, 3.8) is 0 Å². The predicted octanol–water partition coefficient (Wildman–Crippen LogP) is 0.544. The number of likely N-dealkylation sites (N-methyl/N-ethyl adjacent to an activating group) is 1. The van der Waals surface area contributed by atoms with Gasteiger partial charge in [-0.05, 0) is 26.3 Å². The van der Waals surface area contributed by atoms with Gasteiger partial charge in [-0.2, -0.15) is 5.26 Å². The molecule has 1 aliphatic heterocycles. The lowest BCUT2D eigenvalue weighted by Gasteiger charge is -2.36. The second-order valence-electron chi connectivity index (χ2n) is 5.10. The van der Waals surface area contributed by atoms with Gasteiger partial charge < -0.3 is 10.0 Å². The highest BCUT2D eigenvalue weighted by atomic mass is 16.4. The smallest absolute Gasteiger partial charge is 0.306 e. The van der Waals surface area contributed by atoms with Crippen molar-refractivity contribution in [1.29, 1.82) is 5.26 Å². The molecular weight excluding hydrogens is 246 g/mol. The summed E-state index contributed by atoms with van der Waals surface area (Å²) in [5.41, 5.74) is 0. The van der Waals surface area contributed by atoms with Crippen LogP contribution in [0.1, 0.15) is 26.2 Å². The highest BCUT2D eigenvalue weighted by Crippen LogP contribution is 2.22. The number of carboxylic acid groups (broad SMARTS) is 1. The molecule has 6 nitrogen and oxygen atoms in total. The molecule has 2 unspecified atom stereocenters. The highest BCUT2D eigenvalue weighted by Gasteiger charge is 2.30. The van der Waals surface area contributed by atoms with Gasteiger partial charge in [0, 0.05) is 19.6 Å². The Bertz CT molecular complexity index is 378. The lowest BCUT2D eigenvalue weighted by atomic mass is 9.92. The van der Waals surface area contributed by atoms with E-state index in [1.165, 1.54) is 0 Å². The predicted molar refractivity (Wildman–Crippen MR) is 69.3 cm³/mol. The normalized spacial score (nSPS) is 23.6. The van der Waals surface area contributed by atoms with Crippen molar-refractivity contribution in [2.45, 2.75) is 32.2 Å². The molecule has 1 heterocycles. The van der Waals surface area contributed by atoms with Gasteiger partial charge in [-0.25, -0.2) is 0 Å². The zero-order valence-corrected chi connectivity index (χ0v) is 11.5. The Morgan fingerprint density at radius 1 is 1.53 bits per heavy atom. The summed E-state index contributed by atoms with van der Waals surface area (Å²) in [6.07, 6.45) is 1.51. The Labute approximate surface area is 113 Å². The molecule has 1 amide bonds. The lowest BCUT2D eigenvalue weighted by Crippen LogP contribution is -2.47. The summed E-state index contributed by atoms with van der Waals surface area (Å²) in [5.74, 6) is -1.06. The molecule has 1 fully saturated rings. The molecule has 106 valence electrons. The Morgan fingerprint density at radius 2 is 2.21 bits per heavy atom. The minimum absolute atomic E-state index is 0.0177. The third-order valence-corrected chi connectivity index (χ3v) is 3.69. The van der Waals surface area contributed by atoms with E-state index in [1.807, 2.05) is 17.9 Å². The first-order chi connectivity index (χ1) is 8.95. The maximum absolute atomic E-state index is 11.9. The number of amides is 1. The minimum Gasteiger partial charge on any atom is -0.481 e. The van der Waals surface area contributed by atoms with Crippen LogP contribution in [0.4, 0.5) is 0 Å². The first-order valence-electron chi connectivity index (χ1n) is 6.53. The fourth-order valence-electron chi connectivity index (χ4n) is 2.32. The number of carbonyl (C=O) groups excluding carboxylic acids is 1. The van der Waals surface area contributed by atoms with Crippen LogP contribution in [0, 0.1) is 17.2 Å². The van der Waals surface area contributed by atoms with Crippen LogP contribution in [0.3, 0.4) is 0 Å². The number of nitriles is 1. The number of hydrogen-bond acceptors (Lipinski definition) is 4. The van der Waals surface area contributed by atoms with Crippen molar-refractivity contribution in [3.05, 3.63) is 0 Å². The molecule has 1 N–H and O–H groups in total. The molecular formula is C13H21N3O3. The van der Waals surface area contributed by atoms with E-state index in [9.17, 15) is 9.59 Å². The van der Waals surface area contributed by atoms with Gasteiger partial charge in [-0.3, -0.25) is 14.5 Å². The van der Waals surface area contributed by atoms with E-state index in [1.54, 1.807) is 11.9 Å². The highest BCUT2D eigenvalue weighted by molar-refractivity contribution is 5.78. The molecule has 0 spiro atoms. The summed E-state index contributed by atoms with van der Waals surface area (Å²) in [6, 6.07) is 2.11. The Balaban J connectivity index is 2.44. The van der Waals surface area contributed by atoms with Crippen molar-refractivity contribution in [2.75, 3.05) is 26.7 Å². The summed E-state index contributed by atoms with van der Waals surface area (Å²) in [6.45, 7) is 3.33. The second kappa shape index (κ2) is 7.10. The molecule has 0 aliphatic carbocycles. The fourth-order valence-corrected chi connectivity index (χ4v) is 2.32. The van der Waals surface area contributed by atoms with Crippen LogP contribution in [-0.2, 0) is 9.59 Å². The van der Waals surface area contributed by atoms with Crippen LogP contribution in [-0.4, -0.2) is 59.5 Å². The molecule has 1 aliphatic rings. The van der Waals surface area contributed by atoms with Gasteiger partial charge in [0.25, 0.3) is 0 Å². The van der Waals surface area contributed by atoms with Gasteiger partial charge in [0.1, 0.15) is 0 Å². The molecule has 0 aromatic carbocycles. The summed E-state index contributed by atoms with van der Waals surface area (Å²) in [4.78, 5) is 26.4. The molecule has 2 atom stereocenters. The molecule has 1 rings (SSSR count). The molecule has 0 aromatic heterocycles. The van der Waals surface area contributed by atoms with Crippen molar-refractivity contribution in [3.8, 4) is 6.07 Å². The molecule has 0 radical (unpaired) electrons. The summed E-state index contributed by atoms with van der Waals surface area (Å²) >= 11 is 0. The first kappa shape index (κ1) is 15.4. The average Bonchev–Trinajstić information content (AvgIpc) is 2.37. The summed E-state index contributed by atoms with van der Waals surface area (Å²) in [5, 5.41) is 17.5. The van der Waals surface area contributed by atoms with Gasteiger partial charge in [0.2, 0.25) is 5.91 Å². The number of aliphatic carboxylic acids is 1. The van der Waals surface area contributed by atoms with Crippen LogP contribution >= 0.6 is 0 Å². The standard InChI is InChI=1S/C13H21N3O3/c1-10-8-11(13(18)19)4-7-16(10)9-12(17)15(2)6-3-5-14/h10-11H,3-4,6-9H2,1-2H3,(H,18,19). The van der Waals surface area contributed by atoms with Gasteiger partial charge in [0.15, 0.2) is 0 Å². The molecule has 6 heteroatoms. The third kappa shape index (κ3) is 4.52. The van der Waals surface area contributed by atoms with E-state index in [-0.39, 0.29) is 17.9 Å². The average molecular weight is 267 g/mol. The Hall–Kier alpha value is -1.61. The zero-order chi connectivity index (χ0) is 14.4. The van der Waals surface area contributed by atoms with Crippen LogP contribution < -0.4 is 0 Å². The van der Waals surface area contributed by atoms with Crippen LogP contribution in [0.25, 0.3) is 0 Å². The first-order valence-corrected chi connectivity index (χ1v) is 6.53. The van der Waals surface area contributed by atoms with Crippen molar-refractivity contribution < 1.29 is 14.7 Å². The van der Waals surface area contributed by atoms with E-state index in [0.29, 0.717) is 38.9 Å². The van der Waals surface area contributed by atoms with Crippen molar-refractivity contribution in [1.82, 2.24) is 9.80 Å². The fraction of sp³-hybridized carbons (Fsp3) is 0.769. The van der Waals surface area contributed by atoms with E-state index >= 15 is 0 Å².